The first-order chi connectivity index (χ1) is 15.9. The van der Waals surface area contributed by atoms with E-state index < -0.39 is 11.9 Å². The second kappa shape index (κ2) is 8.29. The lowest BCUT2D eigenvalue weighted by molar-refractivity contribution is -0.141. The first-order valence-electron chi connectivity index (χ1n) is 10.6. The van der Waals surface area contributed by atoms with Gasteiger partial charge in [0, 0.05) is 23.9 Å². The van der Waals surface area contributed by atoms with Crippen LogP contribution in [0.2, 0.25) is 0 Å². The molecule has 0 saturated heterocycles. The van der Waals surface area contributed by atoms with Crippen LogP contribution < -0.4 is 11.3 Å². The van der Waals surface area contributed by atoms with Gasteiger partial charge in [0.05, 0.1) is 11.7 Å². The lowest BCUT2D eigenvalue weighted by Crippen LogP contribution is -2.52. The highest BCUT2D eigenvalue weighted by molar-refractivity contribution is 7.17. The van der Waals surface area contributed by atoms with Gasteiger partial charge in [0.2, 0.25) is 11.8 Å². The van der Waals surface area contributed by atoms with Gasteiger partial charge < -0.3 is 10.6 Å². The van der Waals surface area contributed by atoms with Crippen LogP contribution in [0.3, 0.4) is 0 Å². The Kier molecular flexibility index (Phi) is 5.30. The highest BCUT2D eigenvalue weighted by Gasteiger charge is 2.33. The number of hydrogen-bond donors (Lipinski definition) is 1. The van der Waals surface area contributed by atoms with Gasteiger partial charge in [-0.3, -0.25) is 19.0 Å². The fourth-order valence-electron chi connectivity index (χ4n) is 4.30. The van der Waals surface area contributed by atoms with Gasteiger partial charge in [0.25, 0.3) is 5.56 Å². The molecule has 0 fully saturated rings. The molecule has 5 rings (SSSR count). The van der Waals surface area contributed by atoms with Crippen molar-refractivity contribution in [3.63, 3.8) is 0 Å². The molecule has 4 aromatic rings. The third kappa shape index (κ3) is 3.82. The molecule has 0 aliphatic carbocycles. The van der Waals surface area contributed by atoms with Crippen molar-refractivity contribution in [2.45, 2.75) is 32.5 Å². The number of carbonyl (C=O) groups excluding carboxylic acids is 2. The van der Waals surface area contributed by atoms with Gasteiger partial charge in [-0.15, -0.1) is 11.3 Å². The van der Waals surface area contributed by atoms with Crippen LogP contribution in [-0.4, -0.2) is 32.3 Å². The lowest BCUT2D eigenvalue weighted by atomic mass is 9.93. The number of aryl methyl sites for hydroxylation is 1. The van der Waals surface area contributed by atoms with Crippen LogP contribution in [0.5, 0.6) is 0 Å². The number of carbonyl (C=O) groups is 2. The number of thiophene rings is 1. The molecule has 33 heavy (non-hydrogen) atoms. The number of aromatic nitrogens is 2. The predicted molar refractivity (Wildman–Crippen MR) is 128 cm³/mol. The summed E-state index contributed by atoms with van der Waals surface area (Å²) in [6.45, 7) is 2.07. The van der Waals surface area contributed by atoms with Crippen molar-refractivity contribution >= 4 is 33.4 Å². The van der Waals surface area contributed by atoms with E-state index >= 15 is 0 Å². The van der Waals surface area contributed by atoms with E-state index in [0.717, 1.165) is 27.8 Å². The maximum Gasteiger partial charge on any atom is 0.263 e. The molecule has 1 unspecified atom stereocenters. The van der Waals surface area contributed by atoms with Crippen molar-refractivity contribution in [1.82, 2.24) is 14.5 Å². The molecule has 2 amide bonds. The highest BCUT2D eigenvalue weighted by Crippen LogP contribution is 2.31. The Morgan fingerprint density at radius 2 is 1.85 bits per heavy atom. The summed E-state index contributed by atoms with van der Waals surface area (Å²) in [5.41, 5.74) is 10.2. The molecule has 0 radical (unpaired) electrons. The molecule has 2 aromatic heterocycles. The van der Waals surface area contributed by atoms with Crippen LogP contribution in [0.15, 0.2) is 65.0 Å². The molecule has 1 aliphatic rings. The normalized spacial score (nSPS) is 15.4. The fraction of sp³-hybridized carbons (Fsp3) is 0.200. The zero-order chi connectivity index (χ0) is 23.1. The van der Waals surface area contributed by atoms with Crippen molar-refractivity contribution in [1.29, 1.82) is 0 Å². The first-order valence-corrected chi connectivity index (χ1v) is 11.5. The average Bonchev–Trinajstić information content (AvgIpc) is 3.25. The molecule has 0 spiro atoms. The van der Waals surface area contributed by atoms with Crippen molar-refractivity contribution in [3.8, 4) is 11.1 Å². The summed E-state index contributed by atoms with van der Waals surface area (Å²) in [5, 5.41) is 2.41. The van der Waals surface area contributed by atoms with Crippen LogP contribution in [0.25, 0.3) is 21.3 Å². The van der Waals surface area contributed by atoms with E-state index in [1.807, 2.05) is 60.8 Å². The van der Waals surface area contributed by atoms with Crippen LogP contribution in [0.4, 0.5) is 0 Å². The minimum Gasteiger partial charge on any atom is -0.368 e. The number of fused-ring (bicyclic) bond motifs is 2. The summed E-state index contributed by atoms with van der Waals surface area (Å²) in [6.07, 6.45) is 1.76. The van der Waals surface area contributed by atoms with Crippen molar-refractivity contribution in [2.24, 2.45) is 5.73 Å². The summed E-state index contributed by atoms with van der Waals surface area (Å²) in [5.74, 6) is -0.901. The van der Waals surface area contributed by atoms with Crippen LogP contribution in [0, 0.1) is 6.92 Å². The Morgan fingerprint density at radius 1 is 1.12 bits per heavy atom. The molecule has 166 valence electrons. The van der Waals surface area contributed by atoms with Crippen molar-refractivity contribution in [2.75, 3.05) is 0 Å². The Balaban J connectivity index is 1.49. The van der Waals surface area contributed by atoms with E-state index in [1.165, 1.54) is 27.1 Å². The molecule has 1 aliphatic heterocycles. The Labute approximate surface area is 194 Å². The zero-order valence-electron chi connectivity index (χ0n) is 18.0. The number of primary amides is 1. The Bertz CT molecular complexity index is 1440. The molecular weight excluding hydrogens is 436 g/mol. The minimum atomic E-state index is -0.746. The van der Waals surface area contributed by atoms with Crippen LogP contribution in [0.1, 0.15) is 16.7 Å². The summed E-state index contributed by atoms with van der Waals surface area (Å²) in [4.78, 5) is 45.2. The number of nitrogens with two attached hydrogens (primary N) is 1. The van der Waals surface area contributed by atoms with Gasteiger partial charge in [0.1, 0.15) is 17.4 Å². The van der Waals surface area contributed by atoms with E-state index in [-0.39, 0.29) is 24.6 Å². The number of amides is 2. The van der Waals surface area contributed by atoms with Gasteiger partial charge in [0.15, 0.2) is 0 Å². The van der Waals surface area contributed by atoms with E-state index in [4.69, 9.17) is 5.73 Å². The molecule has 3 heterocycles. The van der Waals surface area contributed by atoms with E-state index in [9.17, 15) is 14.4 Å². The number of benzene rings is 2. The standard InChI is InChI=1S/C25H22N4O3S/c1-15-6-8-16(9-7-15)19-13-33-24-22(19)25(32)28(14-27-24)12-21(30)29-11-18-5-3-2-4-17(18)10-20(29)23(26)31/h2-9,13-14,20H,10-12H2,1H3,(H2,26,31). The first kappa shape index (κ1) is 21.1. The third-order valence-electron chi connectivity index (χ3n) is 6.13. The average molecular weight is 459 g/mol. The zero-order valence-corrected chi connectivity index (χ0v) is 18.8. The largest absolute Gasteiger partial charge is 0.368 e. The van der Waals surface area contributed by atoms with Crippen LogP contribution in [-0.2, 0) is 29.1 Å². The van der Waals surface area contributed by atoms with E-state index in [1.54, 1.807) is 0 Å². The van der Waals surface area contributed by atoms with Gasteiger partial charge in [-0.25, -0.2) is 4.98 Å². The topological polar surface area (TPSA) is 98.3 Å². The molecule has 0 bridgehead atoms. The van der Waals surface area contributed by atoms with Crippen LogP contribution >= 0.6 is 11.3 Å². The van der Waals surface area contributed by atoms with Crippen molar-refractivity contribution in [3.05, 3.63) is 87.3 Å². The quantitative estimate of drug-likeness (QED) is 0.508. The summed E-state index contributed by atoms with van der Waals surface area (Å²) < 4.78 is 1.31. The summed E-state index contributed by atoms with van der Waals surface area (Å²) >= 11 is 1.40. The predicted octanol–water partition coefficient (Wildman–Crippen LogP) is 2.87. The van der Waals surface area contributed by atoms with Gasteiger partial charge in [-0.1, -0.05) is 54.1 Å². The third-order valence-corrected chi connectivity index (χ3v) is 7.01. The van der Waals surface area contributed by atoms with E-state index in [2.05, 4.69) is 4.98 Å². The SMILES string of the molecule is Cc1ccc(-c2csc3ncn(CC(=O)N4Cc5ccccc5CC4C(N)=O)c(=O)c23)cc1. The molecule has 2 N–H and O–H groups in total. The summed E-state index contributed by atoms with van der Waals surface area (Å²) in [6, 6.07) is 14.9. The molecule has 8 heteroatoms. The maximum absolute atomic E-state index is 13.3. The molecule has 7 nitrogen and oxygen atoms in total. The second-order valence-electron chi connectivity index (χ2n) is 8.29. The summed E-state index contributed by atoms with van der Waals surface area (Å²) in [7, 11) is 0. The highest BCUT2D eigenvalue weighted by atomic mass is 32.1. The van der Waals surface area contributed by atoms with Gasteiger partial charge >= 0.3 is 0 Å². The number of hydrogen-bond acceptors (Lipinski definition) is 5. The second-order valence-corrected chi connectivity index (χ2v) is 9.14. The molecule has 2 aromatic carbocycles. The van der Waals surface area contributed by atoms with Gasteiger partial charge in [-0.05, 0) is 23.6 Å². The Hall–Kier alpha value is -3.78. The van der Waals surface area contributed by atoms with Crippen molar-refractivity contribution < 1.29 is 9.59 Å². The number of nitrogens with zero attached hydrogens (tertiary/aromatic N) is 3. The minimum absolute atomic E-state index is 0.211. The van der Waals surface area contributed by atoms with Gasteiger partial charge in [-0.2, -0.15) is 0 Å². The Morgan fingerprint density at radius 3 is 2.58 bits per heavy atom. The monoisotopic (exact) mass is 458 g/mol. The smallest absolute Gasteiger partial charge is 0.263 e. The fourth-order valence-corrected chi connectivity index (χ4v) is 5.21. The van der Waals surface area contributed by atoms with E-state index in [0.29, 0.717) is 16.6 Å². The number of rotatable bonds is 4. The lowest BCUT2D eigenvalue weighted by Gasteiger charge is -2.35. The maximum atomic E-state index is 13.3. The molecular formula is C25H22N4O3S. The molecule has 1 atom stereocenters. The molecule has 0 saturated carbocycles.